The third-order valence-electron chi connectivity index (χ3n) is 5.57. The van der Waals surface area contributed by atoms with Gasteiger partial charge in [-0.05, 0) is 55.9 Å². The van der Waals surface area contributed by atoms with Crippen molar-refractivity contribution in [2.75, 3.05) is 6.54 Å². The van der Waals surface area contributed by atoms with Crippen molar-refractivity contribution < 1.29 is 4.39 Å². The first-order chi connectivity index (χ1) is 13.2. The van der Waals surface area contributed by atoms with Crippen molar-refractivity contribution in [2.24, 2.45) is 0 Å². The smallest absolute Gasteiger partial charge is 0.121 e. The van der Waals surface area contributed by atoms with Crippen molar-refractivity contribution in [1.29, 1.82) is 0 Å². The highest BCUT2D eigenvalue weighted by Gasteiger charge is 2.28. The van der Waals surface area contributed by atoms with Gasteiger partial charge in [0.25, 0.3) is 0 Å². The molecule has 2 unspecified atom stereocenters. The van der Waals surface area contributed by atoms with Gasteiger partial charge in [-0.1, -0.05) is 25.1 Å². The Morgan fingerprint density at radius 2 is 2.15 bits per heavy atom. The Kier molecular flexibility index (Phi) is 5.48. The number of hydrogen-bond acceptors (Lipinski definition) is 3. The van der Waals surface area contributed by atoms with E-state index >= 15 is 0 Å². The number of pyridine rings is 1. The first kappa shape index (κ1) is 18.1. The molecule has 27 heavy (non-hydrogen) atoms. The highest BCUT2D eigenvalue weighted by atomic mass is 19.1. The van der Waals surface area contributed by atoms with Crippen LogP contribution in [0.3, 0.4) is 0 Å². The number of alkyl halides is 1. The highest BCUT2D eigenvalue weighted by molar-refractivity contribution is 5.74. The van der Waals surface area contributed by atoms with E-state index in [2.05, 4.69) is 20.9 Å². The summed E-state index contributed by atoms with van der Waals surface area (Å²) >= 11 is 0. The number of H-pyrrole nitrogens is 1. The first-order valence-electron chi connectivity index (χ1n) is 10.00. The average Bonchev–Trinajstić information content (AvgIpc) is 3.13. The summed E-state index contributed by atoms with van der Waals surface area (Å²) < 4.78 is 14.0. The number of fused-ring (bicyclic) bond motifs is 2. The van der Waals surface area contributed by atoms with E-state index in [1.165, 1.54) is 5.56 Å². The molecule has 0 fully saturated rings. The molecule has 5 heteroatoms. The number of aryl methyl sites for hydroxylation is 1. The topological polar surface area (TPSA) is 44.8 Å². The van der Waals surface area contributed by atoms with E-state index in [-0.39, 0.29) is 6.04 Å². The zero-order valence-corrected chi connectivity index (χ0v) is 15.9. The van der Waals surface area contributed by atoms with Crippen LogP contribution in [0.25, 0.3) is 11.0 Å². The molecule has 4 rings (SSSR count). The van der Waals surface area contributed by atoms with Crippen molar-refractivity contribution in [3.8, 4) is 0 Å². The number of nitrogens with zero attached hydrogens (tertiary/aromatic N) is 3. The number of hydrogen-bond donors (Lipinski definition) is 1. The number of nitrogens with one attached hydrogen (secondary N) is 1. The van der Waals surface area contributed by atoms with Crippen LogP contribution in [-0.2, 0) is 13.0 Å². The van der Waals surface area contributed by atoms with Crippen LogP contribution < -0.4 is 0 Å². The minimum Gasteiger partial charge on any atom is -0.341 e. The summed E-state index contributed by atoms with van der Waals surface area (Å²) in [5.74, 6) is 0.936. The first-order valence-corrected chi connectivity index (χ1v) is 10.00. The largest absolute Gasteiger partial charge is 0.341 e. The Hall–Kier alpha value is -2.27. The number of aromatic nitrogens is 3. The quantitative estimate of drug-likeness (QED) is 0.642. The molecule has 1 aromatic carbocycles. The van der Waals surface area contributed by atoms with Gasteiger partial charge in [0, 0.05) is 12.7 Å². The third kappa shape index (κ3) is 4.03. The van der Waals surface area contributed by atoms with Crippen LogP contribution in [-0.4, -0.2) is 32.6 Å². The molecular formula is C22H27FN4. The molecule has 0 bridgehead atoms. The van der Waals surface area contributed by atoms with Gasteiger partial charge in [-0.3, -0.25) is 9.88 Å². The molecule has 2 atom stereocenters. The summed E-state index contributed by atoms with van der Waals surface area (Å²) in [7, 11) is 0. The van der Waals surface area contributed by atoms with E-state index in [0.29, 0.717) is 25.9 Å². The third-order valence-corrected chi connectivity index (χ3v) is 5.57. The van der Waals surface area contributed by atoms with Gasteiger partial charge in [0.15, 0.2) is 0 Å². The molecule has 0 spiro atoms. The van der Waals surface area contributed by atoms with Crippen molar-refractivity contribution >= 4 is 11.0 Å². The van der Waals surface area contributed by atoms with Crippen molar-refractivity contribution in [1.82, 2.24) is 19.9 Å². The lowest BCUT2D eigenvalue weighted by Gasteiger charge is -2.34. The molecular weight excluding hydrogens is 339 g/mol. The fourth-order valence-corrected chi connectivity index (χ4v) is 4.07. The molecule has 1 aliphatic rings. The van der Waals surface area contributed by atoms with Crippen LogP contribution in [0.2, 0.25) is 0 Å². The van der Waals surface area contributed by atoms with Crippen LogP contribution in [0, 0.1) is 0 Å². The minimum absolute atomic E-state index is 0.229. The number of halogens is 1. The maximum Gasteiger partial charge on any atom is 0.121 e. The van der Waals surface area contributed by atoms with Gasteiger partial charge < -0.3 is 4.98 Å². The van der Waals surface area contributed by atoms with E-state index in [1.807, 2.05) is 43.5 Å². The molecule has 0 amide bonds. The van der Waals surface area contributed by atoms with Crippen LogP contribution >= 0.6 is 0 Å². The number of aromatic amines is 1. The summed E-state index contributed by atoms with van der Waals surface area (Å²) in [4.78, 5) is 15.2. The Labute approximate surface area is 159 Å². The SMILES string of the molecule is CCC(F)CCN(Cc1nc2ccccc2[nH]1)C1CCCc2cccnc21. The number of rotatable bonds is 7. The Morgan fingerprint density at radius 3 is 3.00 bits per heavy atom. The molecule has 2 aromatic heterocycles. The van der Waals surface area contributed by atoms with Gasteiger partial charge in [-0.15, -0.1) is 0 Å². The fourth-order valence-electron chi connectivity index (χ4n) is 4.07. The molecule has 0 saturated heterocycles. The van der Waals surface area contributed by atoms with Gasteiger partial charge in [0.2, 0.25) is 0 Å². The molecule has 2 heterocycles. The Bertz CT molecular complexity index is 858. The summed E-state index contributed by atoms with van der Waals surface area (Å²) in [6.45, 7) is 3.31. The number of benzene rings is 1. The monoisotopic (exact) mass is 366 g/mol. The van der Waals surface area contributed by atoms with Crippen molar-refractivity contribution in [2.45, 2.75) is 57.8 Å². The van der Waals surface area contributed by atoms with Crippen molar-refractivity contribution in [3.63, 3.8) is 0 Å². The maximum absolute atomic E-state index is 14.0. The summed E-state index contributed by atoms with van der Waals surface area (Å²) in [6.07, 6.45) is 5.53. The van der Waals surface area contributed by atoms with E-state index in [1.54, 1.807) is 0 Å². The zero-order chi connectivity index (χ0) is 18.6. The van der Waals surface area contributed by atoms with Gasteiger partial charge in [-0.25, -0.2) is 9.37 Å². The number of imidazole rings is 1. The lowest BCUT2D eigenvalue weighted by molar-refractivity contribution is 0.142. The highest BCUT2D eigenvalue weighted by Crippen LogP contribution is 2.34. The second-order valence-electron chi connectivity index (χ2n) is 7.42. The Balaban J connectivity index is 1.60. The molecule has 3 aromatic rings. The minimum atomic E-state index is -0.755. The van der Waals surface area contributed by atoms with Crippen LogP contribution in [0.15, 0.2) is 42.6 Å². The zero-order valence-electron chi connectivity index (χ0n) is 15.9. The van der Waals surface area contributed by atoms with Crippen molar-refractivity contribution in [3.05, 3.63) is 59.7 Å². The molecule has 1 aliphatic carbocycles. The predicted octanol–water partition coefficient (Wildman–Crippen LogP) is 4.98. The van der Waals surface area contributed by atoms with Crippen LogP contribution in [0.4, 0.5) is 4.39 Å². The summed E-state index contributed by atoms with van der Waals surface area (Å²) in [5, 5.41) is 0. The molecule has 0 radical (unpaired) electrons. The molecule has 4 nitrogen and oxygen atoms in total. The van der Waals surface area contributed by atoms with Gasteiger partial charge >= 0.3 is 0 Å². The lowest BCUT2D eigenvalue weighted by atomic mass is 9.90. The molecule has 0 aliphatic heterocycles. The van der Waals surface area contributed by atoms with E-state index in [4.69, 9.17) is 4.98 Å². The standard InChI is InChI=1S/C22H27FN4/c1-2-17(23)12-14-27(15-21-25-18-9-3-4-10-19(18)26-21)20-11-5-7-16-8-6-13-24-22(16)20/h3-4,6,8-10,13,17,20H,2,5,7,11-12,14-15H2,1H3,(H,25,26). The van der Waals surface area contributed by atoms with E-state index in [0.717, 1.165) is 41.8 Å². The predicted molar refractivity (Wildman–Crippen MR) is 106 cm³/mol. The maximum atomic E-state index is 14.0. The van der Waals surface area contributed by atoms with E-state index < -0.39 is 6.17 Å². The van der Waals surface area contributed by atoms with Gasteiger partial charge in [-0.2, -0.15) is 0 Å². The normalized spacial score (nSPS) is 18.0. The van der Waals surface area contributed by atoms with Crippen LogP contribution in [0.5, 0.6) is 0 Å². The second-order valence-corrected chi connectivity index (χ2v) is 7.42. The Morgan fingerprint density at radius 1 is 1.26 bits per heavy atom. The summed E-state index contributed by atoms with van der Waals surface area (Å²) in [5.41, 5.74) is 4.51. The average molecular weight is 366 g/mol. The van der Waals surface area contributed by atoms with Gasteiger partial charge in [0.05, 0.1) is 29.3 Å². The number of para-hydroxylation sites is 2. The molecule has 142 valence electrons. The fraction of sp³-hybridized carbons (Fsp3) is 0.455. The van der Waals surface area contributed by atoms with Gasteiger partial charge in [0.1, 0.15) is 12.0 Å². The summed E-state index contributed by atoms with van der Waals surface area (Å²) in [6, 6.07) is 12.5. The van der Waals surface area contributed by atoms with E-state index in [9.17, 15) is 4.39 Å². The molecule has 0 saturated carbocycles. The second kappa shape index (κ2) is 8.17. The molecule has 1 N–H and O–H groups in total. The van der Waals surface area contributed by atoms with Crippen LogP contribution in [0.1, 0.15) is 55.7 Å². The lowest BCUT2D eigenvalue weighted by Crippen LogP contribution is -2.34.